The van der Waals surface area contributed by atoms with Gasteiger partial charge < -0.3 is 0 Å². The number of carbonyl (C=O) groups is 2. The number of hydrazine groups is 1. The quantitative estimate of drug-likeness (QED) is 0.755. The van der Waals surface area contributed by atoms with Crippen molar-refractivity contribution in [3.63, 3.8) is 0 Å². The zero-order chi connectivity index (χ0) is 19.0. The highest BCUT2D eigenvalue weighted by molar-refractivity contribution is 8.01. The van der Waals surface area contributed by atoms with E-state index in [2.05, 4.69) is 10.5 Å². The van der Waals surface area contributed by atoms with E-state index in [1.165, 1.54) is 16.8 Å². The van der Waals surface area contributed by atoms with E-state index in [0.29, 0.717) is 0 Å². The maximum absolute atomic E-state index is 12.7. The number of benzene rings is 2. The Morgan fingerprint density at radius 1 is 1.15 bits per heavy atom. The Morgan fingerprint density at radius 2 is 1.85 bits per heavy atom. The molecule has 2 heterocycles. The van der Waals surface area contributed by atoms with Gasteiger partial charge in [-0.15, -0.1) is 11.8 Å². The second-order valence-corrected chi connectivity index (χ2v) is 7.97. The lowest BCUT2D eigenvalue weighted by molar-refractivity contribution is -0.140. The molecule has 138 valence electrons. The van der Waals surface area contributed by atoms with Crippen molar-refractivity contribution < 1.29 is 9.59 Å². The van der Waals surface area contributed by atoms with Crippen molar-refractivity contribution in [3.05, 3.63) is 65.9 Å². The Labute approximate surface area is 161 Å². The summed E-state index contributed by atoms with van der Waals surface area (Å²) < 4.78 is 1.68. The van der Waals surface area contributed by atoms with Crippen molar-refractivity contribution in [2.75, 3.05) is 0 Å². The monoisotopic (exact) mass is 380 g/mol. The van der Waals surface area contributed by atoms with Crippen LogP contribution in [0.1, 0.15) is 23.6 Å². The number of hydrogen-bond acceptors (Lipinski definition) is 4. The second kappa shape index (κ2) is 7.08. The lowest BCUT2D eigenvalue weighted by Gasteiger charge is -2.24. The van der Waals surface area contributed by atoms with Crippen LogP contribution in [0.3, 0.4) is 0 Å². The molecule has 0 bridgehead atoms. The fourth-order valence-corrected chi connectivity index (χ4v) is 4.51. The van der Waals surface area contributed by atoms with Gasteiger partial charge in [0.2, 0.25) is 0 Å². The molecule has 0 saturated carbocycles. The first-order valence-electron chi connectivity index (χ1n) is 8.79. The van der Waals surface area contributed by atoms with E-state index < -0.39 is 0 Å². The zero-order valence-electron chi connectivity index (χ0n) is 15.1. The number of rotatable bonds is 4. The Bertz CT molecular complexity index is 1000. The lowest BCUT2D eigenvalue weighted by Crippen LogP contribution is -2.46. The average Bonchev–Trinajstić information content (AvgIpc) is 3.14. The van der Waals surface area contributed by atoms with Crippen molar-refractivity contribution in [1.29, 1.82) is 0 Å². The van der Waals surface area contributed by atoms with Gasteiger partial charge in [0, 0.05) is 5.39 Å². The number of fused-ring (bicyclic) bond motifs is 1. The van der Waals surface area contributed by atoms with Gasteiger partial charge in [-0.3, -0.25) is 19.7 Å². The van der Waals surface area contributed by atoms with Gasteiger partial charge >= 0.3 is 0 Å². The number of nitrogens with one attached hydrogen (secondary N) is 1. The predicted octanol–water partition coefficient (Wildman–Crippen LogP) is 3.04. The van der Waals surface area contributed by atoms with Gasteiger partial charge in [-0.05, 0) is 25.5 Å². The van der Waals surface area contributed by atoms with Crippen LogP contribution in [0.2, 0.25) is 0 Å². The van der Waals surface area contributed by atoms with E-state index in [-0.39, 0.29) is 29.0 Å². The molecular formula is C20H20N4O2S. The fraction of sp³-hybridized carbons (Fsp3) is 0.250. The molecule has 2 amide bonds. The summed E-state index contributed by atoms with van der Waals surface area (Å²) in [5.74, 6) is -0.365. The van der Waals surface area contributed by atoms with Crippen LogP contribution in [-0.2, 0) is 16.1 Å². The van der Waals surface area contributed by atoms with Crippen LogP contribution in [-0.4, -0.2) is 31.9 Å². The van der Waals surface area contributed by atoms with E-state index in [4.69, 9.17) is 0 Å². The van der Waals surface area contributed by atoms with Crippen molar-refractivity contribution in [3.8, 4) is 0 Å². The molecular weight excluding hydrogens is 360 g/mol. The average molecular weight is 380 g/mol. The molecule has 1 aliphatic heterocycles. The minimum absolute atomic E-state index is 0.0543. The van der Waals surface area contributed by atoms with Crippen LogP contribution in [0.15, 0.2) is 54.6 Å². The summed E-state index contributed by atoms with van der Waals surface area (Å²) in [6.07, 6.45) is 0. The Balaban J connectivity index is 1.54. The number of thioether (sulfide) groups is 1. The van der Waals surface area contributed by atoms with Gasteiger partial charge in [0.1, 0.15) is 11.9 Å². The predicted molar refractivity (Wildman–Crippen MR) is 106 cm³/mol. The van der Waals surface area contributed by atoms with E-state index in [1.54, 1.807) is 4.68 Å². The normalized spacial score (nSPS) is 19.6. The summed E-state index contributed by atoms with van der Waals surface area (Å²) in [5, 5.41) is 6.50. The van der Waals surface area contributed by atoms with E-state index >= 15 is 0 Å². The van der Waals surface area contributed by atoms with E-state index in [9.17, 15) is 9.59 Å². The topological polar surface area (TPSA) is 67.2 Å². The summed E-state index contributed by atoms with van der Waals surface area (Å²) in [6.45, 7) is 3.84. The van der Waals surface area contributed by atoms with Crippen LogP contribution >= 0.6 is 11.8 Å². The molecule has 7 heteroatoms. The fourth-order valence-electron chi connectivity index (χ4n) is 3.30. The molecule has 0 aliphatic carbocycles. The molecule has 4 rings (SSSR count). The summed E-state index contributed by atoms with van der Waals surface area (Å²) >= 11 is 1.53. The number of nitrogens with zero attached hydrogens (tertiary/aromatic N) is 3. The molecule has 1 saturated heterocycles. The highest BCUT2D eigenvalue weighted by Gasteiger charge is 2.39. The third kappa shape index (κ3) is 3.30. The Kier molecular flexibility index (Phi) is 4.61. The minimum atomic E-state index is -0.271. The first-order valence-corrected chi connectivity index (χ1v) is 9.74. The van der Waals surface area contributed by atoms with Crippen LogP contribution in [0.25, 0.3) is 10.9 Å². The van der Waals surface area contributed by atoms with E-state index in [0.717, 1.165) is 22.2 Å². The van der Waals surface area contributed by atoms with Gasteiger partial charge in [0.15, 0.2) is 0 Å². The van der Waals surface area contributed by atoms with Gasteiger partial charge in [-0.1, -0.05) is 48.5 Å². The Hall–Kier alpha value is -2.80. The van der Waals surface area contributed by atoms with Gasteiger partial charge in [-0.2, -0.15) is 5.10 Å². The SMILES string of the molecule is Cc1nn(CC(=O)NN2C(=O)C(C)SC2c2ccccc2)c2ccccc12. The molecule has 0 radical (unpaired) electrons. The summed E-state index contributed by atoms with van der Waals surface area (Å²) in [7, 11) is 0. The number of aromatic nitrogens is 2. The maximum Gasteiger partial charge on any atom is 0.260 e. The lowest BCUT2D eigenvalue weighted by atomic mass is 10.2. The van der Waals surface area contributed by atoms with Gasteiger partial charge in [0.25, 0.3) is 11.8 Å². The second-order valence-electron chi connectivity index (χ2n) is 6.54. The molecule has 2 unspecified atom stereocenters. The van der Waals surface area contributed by atoms with Crippen molar-refractivity contribution in [2.45, 2.75) is 31.0 Å². The van der Waals surface area contributed by atoms with Crippen molar-refractivity contribution >= 4 is 34.5 Å². The van der Waals surface area contributed by atoms with Crippen LogP contribution in [0.5, 0.6) is 0 Å². The molecule has 1 aromatic heterocycles. The molecule has 1 fully saturated rings. The highest BCUT2D eigenvalue weighted by atomic mass is 32.2. The number of aryl methyl sites for hydroxylation is 1. The minimum Gasteiger partial charge on any atom is -0.272 e. The molecule has 1 N–H and O–H groups in total. The van der Waals surface area contributed by atoms with Crippen molar-refractivity contribution in [2.24, 2.45) is 0 Å². The first kappa shape index (κ1) is 17.6. The number of para-hydroxylation sites is 1. The molecule has 3 aromatic rings. The third-order valence-electron chi connectivity index (χ3n) is 4.62. The maximum atomic E-state index is 12.7. The van der Waals surface area contributed by atoms with E-state index in [1.807, 2.05) is 68.4 Å². The molecule has 2 aromatic carbocycles. The van der Waals surface area contributed by atoms with Crippen LogP contribution in [0.4, 0.5) is 0 Å². The standard InChI is InChI=1S/C20H20N4O2S/c1-13-16-10-6-7-11-17(16)23(21-13)12-18(25)22-24-19(26)14(2)27-20(24)15-8-4-3-5-9-15/h3-11,14,20H,12H2,1-2H3,(H,22,25). The molecule has 1 aliphatic rings. The largest absolute Gasteiger partial charge is 0.272 e. The zero-order valence-corrected chi connectivity index (χ0v) is 15.9. The number of hydrogen-bond donors (Lipinski definition) is 1. The summed E-state index contributed by atoms with van der Waals surface area (Å²) in [5.41, 5.74) is 5.56. The molecule has 27 heavy (non-hydrogen) atoms. The van der Waals surface area contributed by atoms with Crippen LogP contribution in [0, 0.1) is 6.92 Å². The molecule has 2 atom stereocenters. The van der Waals surface area contributed by atoms with Crippen LogP contribution < -0.4 is 5.43 Å². The number of carbonyl (C=O) groups excluding carboxylic acids is 2. The Morgan fingerprint density at radius 3 is 2.63 bits per heavy atom. The van der Waals surface area contributed by atoms with Gasteiger partial charge in [0.05, 0.1) is 16.5 Å². The third-order valence-corrected chi connectivity index (χ3v) is 5.97. The summed E-state index contributed by atoms with van der Waals surface area (Å²) in [4.78, 5) is 25.2. The molecule has 6 nitrogen and oxygen atoms in total. The van der Waals surface area contributed by atoms with Crippen molar-refractivity contribution in [1.82, 2.24) is 20.2 Å². The highest BCUT2D eigenvalue weighted by Crippen LogP contribution is 2.41. The number of amides is 2. The molecule has 0 spiro atoms. The smallest absolute Gasteiger partial charge is 0.260 e. The summed E-state index contributed by atoms with van der Waals surface area (Å²) in [6, 6.07) is 17.5. The van der Waals surface area contributed by atoms with Gasteiger partial charge in [-0.25, -0.2) is 5.01 Å². The first-order chi connectivity index (χ1) is 13.0.